The van der Waals surface area contributed by atoms with E-state index in [1.54, 1.807) is 0 Å². The van der Waals surface area contributed by atoms with Crippen molar-refractivity contribution in [3.63, 3.8) is 0 Å². The average molecular weight is 371 g/mol. The molecule has 0 nitrogen and oxygen atoms in total. The summed E-state index contributed by atoms with van der Waals surface area (Å²) in [6.45, 7) is 6.12. The molecule has 0 saturated heterocycles. The zero-order valence-electron chi connectivity index (χ0n) is 17.4. The summed E-state index contributed by atoms with van der Waals surface area (Å²) in [7, 11) is 0. The van der Waals surface area contributed by atoms with Crippen LogP contribution >= 0.6 is 0 Å². The Labute approximate surface area is 172 Å². The molecule has 0 atom stereocenters. The lowest BCUT2D eigenvalue weighted by atomic mass is 9.78. The van der Waals surface area contributed by atoms with Crippen molar-refractivity contribution in [3.8, 4) is 11.8 Å². The van der Waals surface area contributed by atoms with Gasteiger partial charge < -0.3 is 0 Å². The highest BCUT2D eigenvalue weighted by atomic mass is 14.2. The van der Waals surface area contributed by atoms with Crippen molar-refractivity contribution in [2.24, 2.45) is 11.8 Å². The van der Waals surface area contributed by atoms with Crippen LogP contribution in [0.2, 0.25) is 0 Å². The number of allylic oxidation sites excluding steroid dienone is 1. The maximum absolute atomic E-state index is 3.78. The van der Waals surface area contributed by atoms with E-state index in [1.165, 1.54) is 56.1 Å². The topological polar surface area (TPSA) is 0 Å². The molecule has 3 rings (SSSR count). The number of hydrogen-bond acceptors (Lipinski definition) is 0. The van der Waals surface area contributed by atoms with E-state index in [-0.39, 0.29) is 0 Å². The lowest BCUT2D eigenvalue weighted by Gasteiger charge is -2.27. The minimum absolute atomic E-state index is 0.941. The molecule has 0 bridgehead atoms. The lowest BCUT2D eigenvalue weighted by molar-refractivity contribution is 0.259. The molecule has 1 saturated carbocycles. The van der Waals surface area contributed by atoms with Crippen molar-refractivity contribution < 1.29 is 0 Å². The molecule has 0 radical (unpaired) electrons. The Hall–Kier alpha value is -2.26. The third-order valence-corrected chi connectivity index (χ3v) is 6.28. The van der Waals surface area contributed by atoms with Crippen LogP contribution < -0.4 is 0 Å². The van der Waals surface area contributed by atoms with Crippen LogP contribution in [0, 0.1) is 23.7 Å². The Kier molecular flexibility index (Phi) is 7.98. The number of rotatable bonds is 7. The maximum Gasteiger partial charge on any atom is 0.0249 e. The van der Waals surface area contributed by atoms with Crippen LogP contribution in [0.4, 0.5) is 0 Å². The van der Waals surface area contributed by atoms with Crippen LogP contribution in [-0.2, 0) is 12.8 Å². The second kappa shape index (κ2) is 10.9. The number of hydrogen-bond donors (Lipinski definition) is 0. The molecule has 2 aromatic rings. The smallest absolute Gasteiger partial charge is 0.0249 e. The third kappa shape index (κ3) is 6.42. The van der Waals surface area contributed by atoms with Crippen LogP contribution in [0.1, 0.15) is 74.1 Å². The molecular weight excluding hydrogens is 336 g/mol. The van der Waals surface area contributed by atoms with Gasteiger partial charge in [-0.25, -0.2) is 0 Å². The van der Waals surface area contributed by atoms with Gasteiger partial charge in [0.05, 0.1) is 0 Å². The largest absolute Gasteiger partial charge is 0.103 e. The molecule has 0 aromatic heterocycles. The van der Waals surface area contributed by atoms with E-state index in [9.17, 15) is 0 Å². The Morgan fingerprint density at radius 1 is 0.786 bits per heavy atom. The van der Waals surface area contributed by atoms with Crippen LogP contribution in [0.5, 0.6) is 0 Å². The Bertz CT molecular complexity index is 775. The molecule has 0 spiro atoms. The highest BCUT2D eigenvalue weighted by Crippen LogP contribution is 2.33. The first-order valence-corrected chi connectivity index (χ1v) is 11.1. The highest BCUT2D eigenvalue weighted by Gasteiger charge is 2.19. The van der Waals surface area contributed by atoms with E-state index in [4.69, 9.17) is 0 Å². The normalized spacial score (nSPS) is 18.9. The molecular formula is C28H34. The Morgan fingerprint density at radius 2 is 1.29 bits per heavy atom. The number of aryl methyl sites for hydroxylation is 2. The summed E-state index contributed by atoms with van der Waals surface area (Å²) in [4.78, 5) is 0. The molecule has 0 aliphatic heterocycles. The van der Waals surface area contributed by atoms with Gasteiger partial charge in [0.1, 0.15) is 0 Å². The second-order valence-electron chi connectivity index (χ2n) is 8.30. The van der Waals surface area contributed by atoms with E-state index in [1.807, 2.05) is 6.08 Å². The van der Waals surface area contributed by atoms with Gasteiger partial charge in [0.25, 0.3) is 0 Å². The van der Waals surface area contributed by atoms with Crippen LogP contribution in [0.25, 0.3) is 0 Å². The summed E-state index contributed by atoms with van der Waals surface area (Å²) in [6.07, 6.45) is 13.7. The van der Waals surface area contributed by atoms with Crippen LogP contribution in [0.3, 0.4) is 0 Å². The van der Waals surface area contributed by atoms with Crippen molar-refractivity contribution in [1.82, 2.24) is 0 Å². The molecule has 28 heavy (non-hydrogen) atoms. The Balaban J connectivity index is 1.48. The summed E-state index contributed by atoms with van der Waals surface area (Å²) >= 11 is 0. The predicted molar refractivity (Wildman–Crippen MR) is 121 cm³/mol. The zero-order valence-corrected chi connectivity index (χ0v) is 17.4. The maximum atomic E-state index is 3.78. The van der Waals surface area contributed by atoms with Crippen molar-refractivity contribution in [2.75, 3.05) is 0 Å². The molecule has 146 valence electrons. The molecule has 1 aliphatic carbocycles. The lowest BCUT2D eigenvalue weighted by Crippen LogP contribution is -2.14. The molecule has 1 aliphatic rings. The van der Waals surface area contributed by atoms with Crippen molar-refractivity contribution >= 4 is 0 Å². The summed E-state index contributed by atoms with van der Waals surface area (Å²) in [6, 6.07) is 17.5. The summed E-state index contributed by atoms with van der Waals surface area (Å²) in [5.41, 5.74) is 4.98. The van der Waals surface area contributed by atoms with Gasteiger partial charge in [0.2, 0.25) is 0 Å². The second-order valence-corrected chi connectivity index (χ2v) is 8.30. The predicted octanol–water partition coefficient (Wildman–Crippen LogP) is 7.35. The molecule has 2 aromatic carbocycles. The highest BCUT2D eigenvalue weighted by molar-refractivity contribution is 5.44. The quantitative estimate of drug-likeness (QED) is 0.353. The fourth-order valence-corrected chi connectivity index (χ4v) is 4.22. The molecule has 0 unspecified atom stereocenters. The summed E-state index contributed by atoms with van der Waals surface area (Å²) < 4.78 is 0. The van der Waals surface area contributed by atoms with Crippen molar-refractivity contribution in [1.29, 1.82) is 0 Å². The van der Waals surface area contributed by atoms with Crippen molar-refractivity contribution in [3.05, 3.63) is 83.4 Å². The van der Waals surface area contributed by atoms with Gasteiger partial charge in [-0.2, -0.15) is 0 Å². The molecule has 0 amide bonds. The standard InChI is InChI=1S/C28H34/c1-3-5-6-24-11-13-26(14-12-24)17-18-28-21-19-27(20-22-28)16-15-25-9-7-23(4-2)8-10-25/h3,11-14,19-23,25H,1,4-10,15-16H2,2H3. The molecule has 0 heterocycles. The number of benzene rings is 2. The molecule has 0 N–H and O–H groups in total. The van der Waals surface area contributed by atoms with Gasteiger partial charge in [-0.1, -0.05) is 81.2 Å². The van der Waals surface area contributed by atoms with Gasteiger partial charge in [0.15, 0.2) is 0 Å². The van der Waals surface area contributed by atoms with Gasteiger partial charge in [0, 0.05) is 11.1 Å². The third-order valence-electron chi connectivity index (χ3n) is 6.28. The van der Waals surface area contributed by atoms with E-state index >= 15 is 0 Å². The Morgan fingerprint density at radius 3 is 1.79 bits per heavy atom. The van der Waals surface area contributed by atoms with E-state index in [0.717, 1.165) is 35.8 Å². The SMILES string of the molecule is C=CCCc1ccc(C#Cc2ccc(CCC3CCC(CC)CC3)cc2)cc1. The van der Waals surface area contributed by atoms with Crippen LogP contribution in [0.15, 0.2) is 61.2 Å². The zero-order chi connectivity index (χ0) is 19.6. The fourth-order valence-electron chi connectivity index (χ4n) is 4.22. The van der Waals surface area contributed by atoms with E-state index in [2.05, 4.69) is 73.9 Å². The first-order chi connectivity index (χ1) is 13.8. The van der Waals surface area contributed by atoms with Gasteiger partial charge in [-0.15, -0.1) is 6.58 Å². The van der Waals surface area contributed by atoms with Crippen LogP contribution in [-0.4, -0.2) is 0 Å². The first-order valence-electron chi connectivity index (χ1n) is 11.1. The van der Waals surface area contributed by atoms with Crippen molar-refractivity contribution in [2.45, 2.75) is 64.7 Å². The monoisotopic (exact) mass is 370 g/mol. The first kappa shape index (κ1) is 20.5. The molecule has 1 fully saturated rings. The minimum atomic E-state index is 0.941. The summed E-state index contributed by atoms with van der Waals surface area (Å²) in [5, 5.41) is 0. The van der Waals surface area contributed by atoms with Gasteiger partial charge in [-0.3, -0.25) is 0 Å². The van der Waals surface area contributed by atoms with E-state index in [0.29, 0.717) is 0 Å². The molecule has 0 heteroatoms. The van der Waals surface area contributed by atoms with Gasteiger partial charge >= 0.3 is 0 Å². The minimum Gasteiger partial charge on any atom is -0.103 e. The fraction of sp³-hybridized carbons (Fsp3) is 0.429. The van der Waals surface area contributed by atoms with E-state index < -0.39 is 0 Å². The average Bonchev–Trinajstić information content (AvgIpc) is 2.76. The van der Waals surface area contributed by atoms with Gasteiger partial charge in [-0.05, 0) is 72.9 Å². The summed E-state index contributed by atoms with van der Waals surface area (Å²) in [5.74, 6) is 8.53.